The van der Waals surface area contributed by atoms with Gasteiger partial charge in [-0.05, 0) is 30.3 Å². The Bertz CT molecular complexity index is 809. The third-order valence-electron chi connectivity index (χ3n) is 2.96. The zero-order valence-corrected chi connectivity index (χ0v) is 14.8. The Morgan fingerprint density at radius 1 is 1.22 bits per heavy atom. The number of aromatic nitrogens is 1. The molecule has 0 atom stereocenters. The van der Waals surface area contributed by atoms with E-state index in [1.807, 2.05) is 6.07 Å². The number of carbonyl (C=O) groups is 1. The van der Waals surface area contributed by atoms with Crippen molar-refractivity contribution >= 4 is 37.5 Å². The zero-order valence-electron chi connectivity index (χ0n) is 12.4. The Morgan fingerprint density at radius 2 is 2.00 bits per heavy atom. The van der Waals surface area contributed by atoms with Gasteiger partial charge in [-0.2, -0.15) is 0 Å². The summed E-state index contributed by atoms with van der Waals surface area (Å²) in [5, 5.41) is 5.68. The number of nitrogens with zero attached hydrogens (tertiary/aromatic N) is 1. The number of benzene rings is 1. The number of hydrogen-bond acceptors (Lipinski definition) is 5. The average Bonchev–Trinajstić information content (AvgIpc) is 2.51. The van der Waals surface area contributed by atoms with Crippen molar-refractivity contribution in [2.75, 3.05) is 24.7 Å². The Labute approximate surface area is 143 Å². The maximum absolute atomic E-state index is 12.0. The summed E-state index contributed by atoms with van der Waals surface area (Å²) in [6.45, 7) is 0.699. The van der Waals surface area contributed by atoms with Gasteiger partial charge in [0, 0.05) is 35.6 Å². The maximum atomic E-state index is 12.0. The van der Waals surface area contributed by atoms with Crippen molar-refractivity contribution in [2.24, 2.45) is 0 Å². The molecule has 1 aromatic carbocycles. The molecule has 122 valence electrons. The number of anilines is 1. The zero-order chi connectivity index (χ0) is 16.9. The molecule has 0 fully saturated rings. The maximum Gasteiger partial charge on any atom is 0.251 e. The Morgan fingerprint density at radius 3 is 2.70 bits per heavy atom. The van der Waals surface area contributed by atoms with Crippen LogP contribution in [0.25, 0.3) is 0 Å². The van der Waals surface area contributed by atoms with Gasteiger partial charge in [0.15, 0.2) is 9.84 Å². The fourth-order valence-corrected chi connectivity index (χ4v) is 3.11. The Balaban J connectivity index is 1.90. The minimum absolute atomic E-state index is 0.137. The third-order valence-corrected chi connectivity index (χ3v) is 4.58. The smallest absolute Gasteiger partial charge is 0.251 e. The fourth-order valence-electron chi connectivity index (χ4n) is 1.91. The molecule has 0 radical (unpaired) electrons. The molecular formula is C15H16BrN3O3S. The van der Waals surface area contributed by atoms with E-state index in [-0.39, 0.29) is 16.6 Å². The predicted molar refractivity (Wildman–Crippen MR) is 92.3 cm³/mol. The summed E-state index contributed by atoms with van der Waals surface area (Å²) in [4.78, 5) is 16.1. The lowest BCUT2D eigenvalue weighted by molar-refractivity contribution is 0.0955. The summed E-state index contributed by atoms with van der Waals surface area (Å²) in [7, 11) is -3.35. The summed E-state index contributed by atoms with van der Waals surface area (Å²) in [5.41, 5.74) is 0.550. The van der Waals surface area contributed by atoms with E-state index in [2.05, 4.69) is 31.5 Å². The lowest BCUT2D eigenvalue weighted by atomic mass is 10.2. The molecule has 0 aliphatic rings. The summed E-state index contributed by atoms with van der Waals surface area (Å²) < 4.78 is 24.1. The van der Waals surface area contributed by atoms with Crippen LogP contribution in [0.1, 0.15) is 10.4 Å². The number of nitrogens with one attached hydrogen (secondary N) is 2. The lowest BCUT2D eigenvalue weighted by Crippen LogP contribution is -2.29. The molecule has 0 aliphatic carbocycles. The van der Waals surface area contributed by atoms with Crippen LogP contribution in [0.15, 0.2) is 52.0 Å². The van der Waals surface area contributed by atoms with Crippen molar-refractivity contribution in [3.63, 3.8) is 0 Å². The van der Waals surface area contributed by atoms with Crippen molar-refractivity contribution in [1.29, 1.82) is 0 Å². The number of sulfone groups is 1. The van der Waals surface area contributed by atoms with Crippen molar-refractivity contribution in [1.82, 2.24) is 10.3 Å². The molecule has 0 unspecified atom stereocenters. The predicted octanol–water partition coefficient (Wildman–Crippen LogP) is 2.09. The van der Waals surface area contributed by atoms with Crippen LogP contribution in [-0.4, -0.2) is 38.7 Å². The van der Waals surface area contributed by atoms with Gasteiger partial charge in [-0.3, -0.25) is 4.79 Å². The average molecular weight is 398 g/mol. The van der Waals surface area contributed by atoms with E-state index in [4.69, 9.17) is 0 Å². The molecule has 6 nitrogen and oxygen atoms in total. The molecule has 2 rings (SSSR count). The van der Waals surface area contributed by atoms with E-state index in [0.29, 0.717) is 18.7 Å². The number of halogens is 1. The monoisotopic (exact) mass is 397 g/mol. The highest BCUT2D eigenvalue weighted by molar-refractivity contribution is 9.10. The van der Waals surface area contributed by atoms with Crippen LogP contribution in [0.5, 0.6) is 0 Å². The van der Waals surface area contributed by atoms with E-state index >= 15 is 0 Å². The van der Waals surface area contributed by atoms with Crippen LogP contribution in [0.3, 0.4) is 0 Å². The molecule has 23 heavy (non-hydrogen) atoms. The van der Waals surface area contributed by atoms with Crippen LogP contribution in [0, 0.1) is 0 Å². The van der Waals surface area contributed by atoms with Crippen LogP contribution < -0.4 is 10.6 Å². The topological polar surface area (TPSA) is 88.2 Å². The van der Waals surface area contributed by atoms with Crippen LogP contribution in [0.4, 0.5) is 5.82 Å². The van der Waals surface area contributed by atoms with Gasteiger partial charge in [0.05, 0.1) is 0 Å². The van der Waals surface area contributed by atoms with Crippen molar-refractivity contribution in [2.45, 2.75) is 4.90 Å². The third kappa shape index (κ3) is 5.04. The summed E-state index contributed by atoms with van der Waals surface area (Å²) in [6, 6.07) is 10.1. The van der Waals surface area contributed by atoms with Gasteiger partial charge in [0.2, 0.25) is 0 Å². The first kappa shape index (κ1) is 17.4. The number of amides is 1. The highest BCUT2D eigenvalue weighted by Crippen LogP contribution is 2.17. The second kappa shape index (κ2) is 7.56. The summed E-state index contributed by atoms with van der Waals surface area (Å²) in [6.07, 6.45) is 2.64. The van der Waals surface area contributed by atoms with Crippen LogP contribution in [0.2, 0.25) is 0 Å². The quantitative estimate of drug-likeness (QED) is 0.728. The molecule has 1 amide bonds. The normalized spacial score (nSPS) is 11.0. The Kier molecular flexibility index (Phi) is 5.73. The number of pyridine rings is 1. The minimum Gasteiger partial charge on any atom is -0.367 e. The molecule has 0 bridgehead atoms. The van der Waals surface area contributed by atoms with E-state index in [0.717, 1.165) is 10.7 Å². The molecule has 1 heterocycles. The Hall–Kier alpha value is -1.93. The van der Waals surface area contributed by atoms with E-state index in [9.17, 15) is 13.2 Å². The van der Waals surface area contributed by atoms with Crippen LogP contribution in [-0.2, 0) is 9.84 Å². The first-order valence-electron chi connectivity index (χ1n) is 6.80. The van der Waals surface area contributed by atoms with Gasteiger partial charge in [-0.25, -0.2) is 13.4 Å². The van der Waals surface area contributed by atoms with E-state index < -0.39 is 9.84 Å². The number of rotatable bonds is 6. The van der Waals surface area contributed by atoms with Gasteiger partial charge in [-0.1, -0.05) is 22.0 Å². The highest BCUT2D eigenvalue weighted by atomic mass is 79.9. The molecule has 0 saturated carbocycles. The van der Waals surface area contributed by atoms with Gasteiger partial charge in [0.1, 0.15) is 10.7 Å². The first-order valence-corrected chi connectivity index (χ1v) is 9.49. The number of hydrogen-bond donors (Lipinski definition) is 2. The highest BCUT2D eigenvalue weighted by Gasteiger charge is 2.13. The van der Waals surface area contributed by atoms with E-state index in [1.54, 1.807) is 24.3 Å². The second-order valence-corrected chi connectivity index (χ2v) is 7.72. The molecule has 0 spiro atoms. The second-order valence-electron chi connectivity index (χ2n) is 4.82. The fraction of sp³-hybridized carbons (Fsp3) is 0.200. The molecule has 0 saturated heterocycles. The minimum atomic E-state index is -3.35. The molecule has 0 aliphatic heterocycles. The van der Waals surface area contributed by atoms with Crippen molar-refractivity contribution in [3.8, 4) is 0 Å². The SMILES string of the molecule is CS(=O)(=O)c1cccnc1NCCNC(=O)c1cccc(Br)c1. The molecule has 8 heteroatoms. The van der Waals surface area contributed by atoms with Crippen molar-refractivity contribution < 1.29 is 13.2 Å². The molecule has 2 N–H and O–H groups in total. The summed E-state index contributed by atoms with van der Waals surface area (Å²) in [5.74, 6) is 0.0872. The molecule has 2 aromatic rings. The summed E-state index contributed by atoms with van der Waals surface area (Å²) >= 11 is 3.31. The van der Waals surface area contributed by atoms with Gasteiger partial charge >= 0.3 is 0 Å². The van der Waals surface area contributed by atoms with Gasteiger partial charge < -0.3 is 10.6 Å². The van der Waals surface area contributed by atoms with Crippen molar-refractivity contribution in [3.05, 3.63) is 52.6 Å². The largest absolute Gasteiger partial charge is 0.367 e. The number of carbonyl (C=O) groups excluding carboxylic acids is 1. The van der Waals surface area contributed by atoms with Gasteiger partial charge in [0.25, 0.3) is 5.91 Å². The standard InChI is InChI=1S/C15H16BrN3O3S/c1-23(21,22)13-6-3-7-17-14(13)18-8-9-19-15(20)11-4-2-5-12(16)10-11/h2-7,10H,8-9H2,1H3,(H,17,18)(H,19,20). The lowest BCUT2D eigenvalue weighted by Gasteiger charge is -2.10. The van der Waals surface area contributed by atoms with Gasteiger partial charge in [-0.15, -0.1) is 0 Å². The molecular weight excluding hydrogens is 382 g/mol. The molecule has 1 aromatic heterocycles. The first-order chi connectivity index (χ1) is 10.9. The van der Waals surface area contributed by atoms with E-state index in [1.165, 1.54) is 12.3 Å². The van der Waals surface area contributed by atoms with Crippen LogP contribution >= 0.6 is 15.9 Å².